The van der Waals surface area contributed by atoms with Gasteiger partial charge in [0.1, 0.15) is 0 Å². The fraction of sp³-hybridized carbons (Fsp3) is 1.00. The third-order valence-electron chi connectivity index (χ3n) is 3.35. The summed E-state index contributed by atoms with van der Waals surface area (Å²) in [6.07, 6.45) is 2.20. The van der Waals surface area contributed by atoms with E-state index in [-0.39, 0.29) is 24.0 Å². The minimum atomic E-state index is -0.302. The van der Waals surface area contributed by atoms with Gasteiger partial charge in [0.25, 0.3) is 0 Å². The second kappa shape index (κ2) is 6.69. The molecule has 1 atom stereocenters. The summed E-state index contributed by atoms with van der Waals surface area (Å²) in [5, 5.41) is 16.3. The second-order valence-corrected chi connectivity index (χ2v) is 4.97. The molecular formula is C11H25ClN2O. The summed E-state index contributed by atoms with van der Waals surface area (Å²) in [6, 6.07) is 0. The lowest BCUT2D eigenvalue weighted by molar-refractivity contribution is 0.0921. The number of hydrogen-bond acceptors (Lipinski definition) is 3. The van der Waals surface area contributed by atoms with E-state index in [1.807, 2.05) is 6.92 Å². The fourth-order valence-corrected chi connectivity index (χ4v) is 1.64. The normalized spacial score (nSPS) is 20.8. The quantitative estimate of drug-likeness (QED) is 0.687. The summed E-state index contributed by atoms with van der Waals surface area (Å²) < 4.78 is 0. The van der Waals surface area contributed by atoms with Crippen molar-refractivity contribution in [1.29, 1.82) is 0 Å². The molecule has 0 aliphatic carbocycles. The van der Waals surface area contributed by atoms with Gasteiger partial charge in [-0.05, 0) is 59.2 Å². The van der Waals surface area contributed by atoms with E-state index in [0.29, 0.717) is 0 Å². The van der Waals surface area contributed by atoms with Gasteiger partial charge >= 0.3 is 0 Å². The van der Waals surface area contributed by atoms with E-state index in [0.717, 1.165) is 25.6 Å². The number of nitrogens with one attached hydrogen (secondary N) is 2. The second-order valence-electron chi connectivity index (χ2n) is 4.97. The van der Waals surface area contributed by atoms with Crippen LogP contribution in [0.2, 0.25) is 0 Å². The SMILES string of the molecule is CC(O)C(C)(C)NCC1CCNCC1.Cl. The Kier molecular flexibility index (Phi) is 6.76. The Hall–Kier alpha value is 0.170. The molecule has 0 saturated carbocycles. The summed E-state index contributed by atoms with van der Waals surface area (Å²) in [7, 11) is 0. The zero-order chi connectivity index (χ0) is 10.6. The van der Waals surface area contributed by atoms with Gasteiger partial charge in [-0.1, -0.05) is 0 Å². The highest BCUT2D eigenvalue weighted by atomic mass is 35.5. The lowest BCUT2D eigenvalue weighted by Gasteiger charge is -2.32. The third-order valence-corrected chi connectivity index (χ3v) is 3.35. The van der Waals surface area contributed by atoms with Crippen LogP contribution in [-0.2, 0) is 0 Å². The molecule has 0 spiro atoms. The summed E-state index contributed by atoms with van der Waals surface area (Å²) in [6.45, 7) is 9.26. The Morgan fingerprint density at radius 2 is 1.93 bits per heavy atom. The number of halogens is 1. The predicted octanol–water partition coefficient (Wildman–Crippen LogP) is 1.16. The zero-order valence-corrected chi connectivity index (χ0v) is 10.9. The van der Waals surface area contributed by atoms with E-state index in [9.17, 15) is 5.11 Å². The van der Waals surface area contributed by atoms with Gasteiger partial charge in [0, 0.05) is 5.54 Å². The molecule has 0 bridgehead atoms. The molecular weight excluding hydrogens is 212 g/mol. The van der Waals surface area contributed by atoms with E-state index in [1.165, 1.54) is 12.8 Å². The molecule has 1 saturated heterocycles. The molecule has 92 valence electrons. The fourth-order valence-electron chi connectivity index (χ4n) is 1.64. The molecule has 4 heteroatoms. The smallest absolute Gasteiger partial charge is 0.0688 e. The Morgan fingerprint density at radius 3 is 2.40 bits per heavy atom. The van der Waals surface area contributed by atoms with Crippen LogP contribution in [0, 0.1) is 5.92 Å². The van der Waals surface area contributed by atoms with Crippen molar-refractivity contribution in [2.75, 3.05) is 19.6 Å². The highest BCUT2D eigenvalue weighted by Gasteiger charge is 2.24. The van der Waals surface area contributed by atoms with Crippen molar-refractivity contribution in [2.24, 2.45) is 5.92 Å². The molecule has 0 aromatic heterocycles. The maximum absolute atomic E-state index is 9.53. The van der Waals surface area contributed by atoms with E-state index in [1.54, 1.807) is 0 Å². The van der Waals surface area contributed by atoms with Crippen LogP contribution in [0.25, 0.3) is 0 Å². The average Bonchev–Trinajstić information content (AvgIpc) is 2.16. The minimum absolute atomic E-state index is 0. The van der Waals surface area contributed by atoms with E-state index in [4.69, 9.17) is 0 Å². The average molecular weight is 237 g/mol. The maximum atomic E-state index is 9.53. The van der Waals surface area contributed by atoms with Crippen LogP contribution in [0.5, 0.6) is 0 Å². The van der Waals surface area contributed by atoms with Crippen LogP contribution in [0.3, 0.4) is 0 Å². The maximum Gasteiger partial charge on any atom is 0.0688 e. The van der Waals surface area contributed by atoms with Gasteiger partial charge in [-0.3, -0.25) is 0 Å². The van der Waals surface area contributed by atoms with Crippen molar-refractivity contribution >= 4 is 12.4 Å². The largest absolute Gasteiger partial charge is 0.392 e. The summed E-state index contributed by atoms with van der Waals surface area (Å²) in [5.41, 5.74) is -0.162. The van der Waals surface area contributed by atoms with Crippen molar-refractivity contribution in [3.8, 4) is 0 Å². The highest BCUT2D eigenvalue weighted by molar-refractivity contribution is 5.85. The number of aliphatic hydroxyl groups is 1. The van der Waals surface area contributed by atoms with Crippen LogP contribution >= 0.6 is 12.4 Å². The Labute approximate surface area is 99.4 Å². The van der Waals surface area contributed by atoms with Gasteiger partial charge in [0.05, 0.1) is 6.10 Å². The number of aliphatic hydroxyl groups excluding tert-OH is 1. The van der Waals surface area contributed by atoms with Gasteiger partial charge < -0.3 is 15.7 Å². The topological polar surface area (TPSA) is 44.3 Å². The molecule has 1 rings (SSSR count). The molecule has 0 aromatic carbocycles. The first-order chi connectivity index (χ1) is 6.52. The molecule has 15 heavy (non-hydrogen) atoms. The van der Waals surface area contributed by atoms with Crippen molar-refractivity contribution in [3.63, 3.8) is 0 Å². The summed E-state index contributed by atoms with van der Waals surface area (Å²) >= 11 is 0. The Morgan fingerprint density at radius 1 is 1.40 bits per heavy atom. The Balaban J connectivity index is 0.00000196. The standard InChI is InChI=1S/C11H24N2O.ClH/c1-9(14)11(2,3)13-8-10-4-6-12-7-5-10;/h9-10,12-14H,4-8H2,1-3H3;1H. The van der Waals surface area contributed by atoms with E-state index in [2.05, 4.69) is 24.5 Å². The Bertz CT molecular complexity index is 168. The molecule has 3 nitrogen and oxygen atoms in total. The number of hydrogen-bond donors (Lipinski definition) is 3. The molecule has 0 amide bonds. The van der Waals surface area contributed by atoms with Crippen molar-refractivity contribution in [2.45, 2.75) is 45.3 Å². The van der Waals surface area contributed by atoms with E-state index < -0.39 is 0 Å². The molecule has 0 aromatic rings. The van der Waals surface area contributed by atoms with Gasteiger partial charge in [-0.25, -0.2) is 0 Å². The molecule has 1 unspecified atom stereocenters. The van der Waals surface area contributed by atoms with Crippen LogP contribution in [-0.4, -0.2) is 36.4 Å². The first-order valence-corrected chi connectivity index (χ1v) is 5.66. The highest BCUT2D eigenvalue weighted by Crippen LogP contribution is 2.14. The third kappa shape index (κ3) is 5.16. The molecule has 1 aliphatic rings. The molecule has 0 radical (unpaired) electrons. The van der Waals surface area contributed by atoms with Crippen molar-refractivity contribution in [3.05, 3.63) is 0 Å². The van der Waals surface area contributed by atoms with Crippen LogP contribution in [0.15, 0.2) is 0 Å². The molecule has 1 fully saturated rings. The van der Waals surface area contributed by atoms with Gasteiger partial charge in [-0.15, -0.1) is 12.4 Å². The predicted molar refractivity (Wildman–Crippen MR) is 66.6 cm³/mol. The first-order valence-electron chi connectivity index (χ1n) is 5.66. The van der Waals surface area contributed by atoms with Gasteiger partial charge in [0.2, 0.25) is 0 Å². The molecule has 1 aliphatic heterocycles. The molecule has 3 N–H and O–H groups in total. The summed E-state index contributed by atoms with van der Waals surface area (Å²) in [5.74, 6) is 0.772. The first kappa shape index (κ1) is 15.2. The lowest BCUT2D eigenvalue weighted by Crippen LogP contribution is -2.50. The molecule has 1 heterocycles. The van der Waals surface area contributed by atoms with Gasteiger partial charge in [-0.2, -0.15) is 0 Å². The lowest BCUT2D eigenvalue weighted by atomic mass is 9.94. The number of rotatable bonds is 4. The van der Waals surface area contributed by atoms with Crippen LogP contribution in [0.1, 0.15) is 33.6 Å². The monoisotopic (exact) mass is 236 g/mol. The summed E-state index contributed by atoms with van der Waals surface area (Å²) in [4.78, 5) is 0. The van der Waals surface area contributed by atoms with Gasteiger partial charge in [0.15, 0.2) is 0 Å². The van der Waals surface area contributed by atoms with Crippen LogP contribution in [0.4, 0.5) is 0 Å². The van der Waals surface area contributed by atoms with Crippen LogP contribution < -0.4 is 10.6 Å². The zero-order valence-electron chi connectivity index (χ0n) is 10.0. The van der Waals surface area contributed by atoms with Crippen molar-refractivity contribution < 1.29 is 5.11 Å². The van der Waals surface area contributed by atoms with Crippen molar-refractivity contribution in [1.82, 2.24) is 10.6 Å². The van der Waals surface area contributed by atoms with E-state index >= 15 is 0 Å². The number of piperidine rings is 1. The minimum Gasteiger partial charge on any atom is -0.392 e.